The maximum absolute atomic E-state index is 13.4. The number of nitrogens with zero attached hydrogens (tertiary/aromatic N) is 2. The second kappa shape index (κ2) is 8.11. The average Bonchev–Trinajstić information content (AvgIpc) is 3.57. The van der Waals surface area contributed by atoms with Crippen LogP contribution in [0.5, 0.6) is 0 Å². The van der Waals surface area contributed by atoms with Crippen molar-refractivity contribution in [1.82, 2.24) is 9.47 Å². The van der Waals surface area contributed by atoms with Crippen LogP contribution in [0.25, 0.3) is 10.8 Å². The summed E-state index contributed by atoms with van der Waals surface area (Å²) in [5.41, 5.74) is 1.36. The molecule has 3 aromatic rings. The van der Waals surface area contributed by atoms with Gasteiger partial charge in [-0.1, -0.05) is 29.8 Å². The predicted molar refractivity (Wildman–Crippen MR) is 118 cm³/mol. The number of fused-ring (bicyclic) bond motifs is 1. The monoisotopic (exact) mass is 427 g/mol. The van der Waals surface area contributed by atoms with Gasteiger partial charge in [-0.2, -0.15) is 0 Å². The summed E-state index contributed by atoms with van der Waals surface area (Å²) in [6.07, 6.45) is 3.89. The number of aromatic nitrogens is 1. The first kappa shape index (κ1) is 20.4. The number of hydrogen-bond acceptors (Lipinski definition) is 2. The molecule has 0 saturated heterocycles. The molecule has 1 aliphatic rings. The number of anilines is 1. The normalized spacial score (nSPS) is 14.5. The summed E-state index contributed by atoms with van der Waals surface area (Å²) in [7, 11) is 0. The van der Waals surface area contributed by atoms with Gasteiger partial charge in [0.25, 0.3) is 5.56 Å². The van der Waals surface area contributed by atoms with Crippen LogP contribution < -0.4 is 10.9 Å². The Bertz CT molecular complexity index is 1170. The van der Waals surface area contributed by atoms with Crippen LogP contribution in [-0.2, 0) is 0 Å². The number of urea groups is 1. The molecule has 0 aliphatic heterocycles. The van der Waals surface area contributed by atoms with E-state index in [9.17, 15) is 14.0 Å². The Kier molecular flexibility index (Phi) is 5.52. The van der Waals surface area contributed by atoms with Crippen LogP contribution in [0.1, 0.15) is 44.3 Å². The number of carbonyl (C=O) groups is 1. The number of rotatable bonds is 5. The van der Waals surface area contributed by atoms with E-state index >= 15 is 0 Å². The van der Waals surface area contributed by atoms with E-state index < -0.39 is 5.82 Å². The van der Waals surface area contributed by atoms with Gasteiger partial charge in [0, 0.05) is 29.9 Å². The van der Waals surface area contributed by atoms with Crippen molar-refractivity contribution in [2.75, 3.05) is 11.9 Å². The smallest absolute Gasteiger partial charge is 0.318 e. The SMILES string of the molecule is CCN(C(=O)Nc1ccc(F)c(Cl)c1)[C@@H](C)c1cn(C2CC2)c(=O)c2ccccc12. The molecule has 1 aromatic heterocycles. The van der Waals surface area contributed by atoms with E-state index in [4.69, 9.17) is 11.6 Å². The lowest BCUT2D eigenvalue weighted by Gasteiger charge is -2.30. The van der Waals surface area contributed by atoms with Crippen molar-refractivity contribution in [2.45, 2.75) is 38.8 Å². The molecular weight excluding hydrogens is 405 g/mol. The molecule has 5 nitrogen and oxygen atoms in total. The first-order valence-electron chi connectivity index (χ1n) is 10.1. The molecule has 2 amide bonds. The molecule has 4 rings (SSSR count). The van der Waals surface area contributed by atoms with Gasteiger partial charge in [-0.3, -0.25) is 4.79 Å². The number of carbonyl (C=O) groups excluding carboxylic acids is 1. The summed E-state index contributed by atoms with van der Waals surface area (Å²) >= 11 is 5.83. The van der Waals surface area contributed by atoms with Crippen molar-refractivity contribution >= 4 is 34.1 Å². The topological polar surface area (TPSA) is 54.3 Å². The maximum Gasteiger partial charge on any atom is 0.322 e. The highest BCUT2D eigenvalue weighted by molar-refractivity contribution is 6.31. The summed E-state index contributed by atoms with van der Waals surface area (Å²) in [6, 6.07) is 11.2. The Balaban J connectivity index is 1.69. The molecule has 0 unspecified atom stereocenters. The van der Waals surface area contributed by atoms with Crippen LogP contribution in [0.3, 0.4) is 0 Å². The highest BCUT2D eigenvalue weighted by atomic mass is 35.5. The summed E-state index contributed by atoms with van der Waals surface area (Å²) in [6.45, 7) is 4.30. The van der Waals surface area contributed by atoms with Crippen LogP contribution in [0.15, 0.2) is 53.5 Å². The lowest BCUT2D eigenvalue weighted by atomic mass is 10.0. The lowest BCUT2D eigenvalue weighted by Crippen LogP contribution is -2.37. The van der Waals surface area contributed by atoms with Gasteiger partial charge in [0.05, 0.1) is 11.1 Å². The van der Waals surface area contributed by atoms with Gasteiger partial charge in [-0.25, -0.2) is 9.18 Å². The third-order valence-electron chi connectivity index (χ3n) is 5.61. The summed E-state index contributed by atoms with van der Waals surface area (Å²) in [5, 5.41) is 4.25. The molecule has 1 aliphatic carbocycles. The summed E-state index contributed by atoms with van der Waals surface area (Å²) in [4.78, 5) is 27.6. The van der Waals surface area contributed by atoms with Gasteiger partial charge in [-0.05, 0) is 61.9 Å². The van der Waals surface area contributed by atoms with E-state index in [-0.39, 0.29) is 28.7 Å². The number of amides is 2. The second-order valence-electron chi connectivity index (χ2n) is 7.59. The van der Waals surface area contributed by atoms with Crippen LogP contribution in [0, 0.1) is 5.82 Å². The zero-order valence-electron chi connectivity index (χ0n) is 16.9. The fourth-order valence-electron chi connectivity index (χ4n) is 3.83. The van der Waals surface area contributed by atoms with Crippen molar-refractivity contribution < 1.29 is 9.18 Å². The quantitative estimate of drug-likeness (QED) is 0.564. The van der Waals surface area contributed by atoms with Crippen LogP contribution in [-0.4, -0.2) is 22.0 Å². The Labute approximate surface area is 179 Å². The second-order valence-corrected chi connectivity index (χ2v) is 8.00. The van der Waals surface area contributed by atoms with Crippen molar-refractivity contribution in [3.05, 3.63) is 75.4 Å². The van der Waals surface area contributed by atoms with E-state index in [1.54, 1.807) is 9.47 Å². The molecule has 1 atom stereocenters. The highest BCUT2D eigenvalue weighted by Gasteiger charge is 2.28. The fraction of sp³-hybridized carbons (Fsp3) is 0.304. The van der Waals surface area contributed by atoms with Gasteiger partial charge in [0.2, 0.25) is 0 Å². The van der Waals surface area contributed by atoms with E-state index in [0.717, 1.165) is 23.8 Å². The minimum absolute atomic E-state index is 0.0116. The van der Waals surface area contributed by atoms with Gasteiger partial charge >= 0.3 is 6.03 Å². The standard InChI is InChI=1S/C23H23ClFN3O2/c1-3-27(23(30)26-15-8-11-21(25)20(24)12-15)14(2)19-13-28(16-9-10-16)22(29)18-7-5-4-6-17(18)19/h4-8,11-14,16H,3,9-10H2,1-2H3,(H,26,30)/t14-/m0/s1. The van der Waals surface area contributed by atoms with Crippen LogP contribution >= 0.6 is 11.6 Å². The molecule has 1 fully saturated rings. The predicted octanol–water partition coefficient (Wildman–Crippen LogP) is 5.74. The first-order valence-corrected chi connectivity index (χ1v) is 10.4. The zero-order chi connectivity index (χ0) is 21.4. The molecule has 30 heavy (non-hydrogen) atoms. The van der Waals surface area contributed by atoms with Crippen molar-refractivity contribution in [3.8, 4) is 0 Å². The molecule has 0 spiro atoms. The Hall–Kier alpha value is -2.86. The molecule has 2 aromatic carbocycles. The number of hydrogen-bond donors (Lipinski definition) is 1. The number of nitrogens with one attached hydrogen (secondary N) is 1. The van der Waals surface area contributed by atoms with Crippen LogP contribution in [0.2, 0.25) is 5.02 Å². The molecular formula is C23H23ClFN3O2. The molecule has 1 saturated carbocycles. The van der Waals surface area contributed by atoms with E-state index in [0.29, 0.717) is 17.6 Å². The Morgan fingerprint density at radius 1 is 1.27 bits per heavy atom. The molecule has 0 radical (unpaired) electrons. The third kappa shape index (κ3) is 3.79. The van der Waals surface area contributed by atoms with Crippen molar-refractivity contribution in [3.63, 3.8) is 0 Å². The maximum atomic E-state index is 13.4. The minimum atomic E-state index is -0.538. The highest BCUT2D eigenvalue weighted by Crippen LogP contribution is 2.36. The van der Waals surface area contributed by atoms with E-state index in [1.165, 1.54) is 18.2 Å². The summed E-state index contributed by atoms with van der Waals surface area (Å²) in [5.74, 6) is -0.538. The average molecular weight is 428 g/mol. The molecule has 1 N–H and O–H groups in total. The molecule has 0 bridgehead atoms. The number of halogens is 2. The zero-order valence-corrected chi connectivity index (χ0v) is 17.6. The molecule has 7 heteroatoms. The fourth-order valence-corrected chi connectivity index (χ4v) is 4.01. The molecule has 1 heterocycles. The van der Waals surface area contributed by atoms with Crippen LogP contribution in [0.4, 0.5) is 14.9 Å². The van der Waals surface area contributed by atoms with E-state index in [1.807, 2.05) is 44.3 Å². The number of pyridine rings is 1. The largest absolute Gasteiger partial charge is 0.322 e. The lowest BCUT2D eigenvalue weighted by molar-refractivity contribution is 0.197. The molecule has 156 valence electrons. The number of benzene rings is 2. The van der Waals surface area contributed by atoms with Gasteiger partial charge in [0.15, 0.2) is 0 Å². The Morgan fingerprint density at radius 2 is 1.97 bits per heavy atom. The van der Waals surface area contributed by atoms with Crippen molar-refractivity contribution in [1.29, 1.82) is 0 Å². The van der Waals surface area contributed by atoms with Gasteiger partial charge in [0.1, 0.15) is 5.82 Å². The van der Waals surface area contributed by atoms with Gasteiger partial charge in [-0.15, -0.1) is 0 Å². The third-order valence-corrected chi connectivity index (χ3v) is 5.90. The Morgan fingerprint density at radius 3 is 2.60 bits per heavy atom. The minimum Gasteiger partial charge on any atom is -0.318 e. The first-order chi connectivity index (χ1) is 14.4. The van der Waals surface area contributed by atoms with E-state index in [2.05, 4.69) is 5.32 Å². The van der Waals surface area contributed by atoms with Crippen molar-refractivity contribution in [2.24, 2.45) is 0 Å². The van der Waals surface area contributed by atoms with Gasteiger partial charge < -0.3 is 14.8 Å². The summed E-state index contributed by atoms with van der Waals surface area (Å²) < 4.78 is 15.2.